The topological polar surface area (TPSA) is 0 Å². The summed E-state index contributed by atoms with van der Waals surface area (Å²) in [4.78, 5) is 0. The van der Waals surface area contributed by atoms with Crippen LogP contribution in [0.3, 0.4) is 0 Å². The second-order valence-electron chi connectivity index (χ2n) is 8.04. The lowest BCUT2D eigenvalue weighted by molar-refractivity contribution is 0.579. The Kier molecular flexibility index (Phi) is 7.06. The molecule has 0 aliphatic rings. The molecule has 0 atom stereocenters. The highest BCUT2D eigenvalue weighted by atomic mass is 35.5. The maximum atomic E-state index is 15.1. The van der Waals surface area contributed by atoms with Crippen molar-refractivity contribution in [1.82, 2.24) is 0 Å². The molecule has 0 aliphatic heterocycles. The van der Waals surface area contributed by atoms with Gasteiger partial charge in [-0.2, -0.15) is 0 Å². The van der Waals surface area contributed by atoms with Crippen molar-refractivity contribution in [2.75, 3.05) is 0 Å². The Morgan fingerprint density at radius 3 is 2.06 bits per heavy atom. The molecule has 4 heteroatoms. The predicted molar refractivity (Wildman–Crippen MR) is 129 cm³/mol. The van der Waals surface area contributed by atoms with Crippen LogP contribution in [-0.2, 0) is 19.3 Å². The standard InChI is InChI=1S/C29H22ClF3/c1-2-3-19-4-6-20(7-5-19)8-9-21-11-15-25-24(16-21)14-13-23(29(25)33)12-10-22-17-26(31)28(30)27(32)18-22/h4-7,11,13-18H,2-3,10,12H2,1H3. The number of benzene rings is 4. The van der Waals surface area contributed by atoms with E-state index in [9.17, 15) is 8.78 Å². The largest absolute Gasteiger partial charge is 0.206 e. The molecule has 33 heavy (non-hydrogen) atoms. The molecule has 4 aromatic carbocycles. The molecule has 0 unspecified atom stereocenters. The quantitative estimate of drug-likeness (QED) is 0.208. The fourth-order valence-electron chi connectivity index (χ4n) is 3.83. The van der Waals surface area contributed by atoms with E-state index in [0.29, 0.717) is 29.4 Å². The van der Waals surface area contributed by atoms with Gasteiger partial charge in [-0.1, -0.05) is 67.1 Å². The molecule has 4 rings (SSSR count). The van der Waals surface area contributed by atoms with Gasteiger partial charge in [-0.15, -0.1) is 0 Å². The van der Waals surface area contributed by atoms with Crippen LogP contribution in [0.25, 0.3) is 10.8 Å². The van der Waals surface area contributed by atoms with Gasteiger partial charge < -0.3 is 0 Å². The maximum Gasteiger partial charge on any atom is 0.145 e. The lowest BCUT2D eigenvalue weighted by atomic mass is 9.99. The lowest BCUT2D eigenvalue weighted by Crippen LogP contribution is -1.98. The monoisotopic (exact) mass is 462 g/mol. The molecule has 0 radical (unpaired) electrons. The summed E-state index contributed by atoms with van der Waals surface area (Å²) in [5.74, 6) is 4.36. The Labute approximate surface area is 197 Å². The number of hydrogen-bond donors (Lipinski definition) is 0. The molecule has 4 aromatic rings. The van der Waals surface area contributed by atoms with Gasteiger partial charge in [0.05, 0.1) is 0 Å². The van der Waals surface area contributed by atoms with Crippen molar-refractivity contribution >= 4 is 22.4 Å². The molecular formula is C29H22ClF3. The van der Waals surface area contributed by atoms with Gasteiger partial charge in [-0.3, -0.25) is 0 Å². The first-order valence-corrected chi connectivity index (χ1v) is 11.3. The molecule has 0 nitrogen and oxygen atoms in total. The van der Waals surface area contributed by atoms with Crippen molar-refractivity contribution in [2.24, 2.45) is 0 Å². The van der Waals surface area contributed by atoms with Crippen molar-refractivity contribution in [3.05, 3.63) is 117 Å². The fraction of sp³-hybridized carbons (Fsp3) is 0.172. The van der Waals surface area contributed by atoms with Crippen LogP contribution in [0.5, 0.6) is 0 Å². The third kappa shape index (κ3) is 5.41. The third-order valence-corrected chi connectivity index (χ3v) is 5.97. The van der Waals surface area contributed by atoms with Crippen LogP contribution < -0.4 is 0 Å². The maximum absolute atomic E-state index is 15.1. The molecule has 0 bridgehead atoms. The molecule has 166 valence electrons. The smallest absolute Gasteiger partial charge is 0.145 e. The summed E-state index contributed by atoms with van der Waals surface area (Å²) >= 11 is 5.53. The second kappa shape index (κ2) is 10.1. The highest BCUT2D eigenvalue weighted by Gasteiger charge is 2.11. The van der Waals surface area contributed by atoms with E-state index in [2.05, 4.69) is 30.9 Å². The van der Waals surface area contributed by atoms with E-state index >= 15 is 4.39 Å². The average Bonchev–Trinajstić information content (AvgIpc) is 2.82. The van der Waals surface area contributed by atoms with Gasteiger partial charge in [0.25, 0.3) is 0 Å². The molecule has 0 amide bonds. The number of hydrogen-bond acceptors (Lipinski definition) is 0. The molecular weight excluding hydrogens is 441 g/mol. The van der Waals surface area contributed by atoms with Crippen molar-refractivity contribution in [1.29, 1.82) is 0 Å². The van der Waals surface area contributed by atoms with Gasteiger partial charge in [0, 0.05) is 16.5 Å². The van der Waals surface area contributed by atoms with E-state index in [-0.39, 0.29) is 5.82 Å². The SMILES string of the molecule is CCCc1ccc(C#Cc2ccc3c(F)c(CCc4cc(F)c(Cl)c(F)c4)ccc3c2)cc1. The van der Waals surface area contributed by atoms with Crippen LogP contribution in [0.15, 0.2) is 66.7 Å². The molecule has 0 saturated heterocycles. The number of halogens is 4. The van der Waals surface area contributed by atoms with Gasteiger partial charge in [0.1, 0.15) is 22.5 Å². The Balaban J connectivity index is 1.52. The minimum absolute atomic E-state index is 0.300. The Morgan fingerprint density at radius 1 is 0.697 bits per heavy atom. The van der Waals surface area contributed by atoms with Crippen LogP contribution in [0.4, 0.5) is 13.2 Å². The van der Waals surface area contributed by atoms with Crippen LogP contribution >= 0.6 is 11.6 Å². The normalized spacial score (nSPS) is 10.8. The fourth-order valence-corrected chi connectivity index (χ4v) is 3.94. The van der Waals surface area contributed by atoms with Crippen molar-refractivity contribution in [2.45, 2.75) is 32.6 Å². The molecule has 0 N–H and O–H groups in total. The minimum atomic E-state index is -0.809. The van der Waals surface area contributed by atoms with Crippen molar-refractivity contribution < 1.29 is 13.2 Å². The minimum Gasteiger partial charge on any atom is -0.206 e. The summed E-state index contributed by atoms with van der Waals surface area (Å²) < 4.78 is 42.4. The summed E-state index contributed by atoms with van der Waals surface area (Å²) in [6.07, 6.45) is 2.78. The van der Waals surface area contributed by atoms with Crippen LogP contribution in [0, 0.1) is 29.3 Å². The zero-order chi connectivity index (χ0) is 23.4. The van der Waals surface area contributed by atoms with Gasteiger partial charge in [0.2, 0.25) is 0 Å². The van der Waals surface area contributed by atoms with Gasteiger partial charge in [-0.25, -0.2) is 13.2 Å². The molecule has 0 aliphatic carbocycles. The zero-order valence-electron chi connectivity index (χ0n) is 18.2. The highest BCUT2D eigenvalue weighted by molar-refractivity contribution is 6.30. The van der Waals surface area contributed by atoms with E-state index in [0.717, 1.165) is 29.4 Å². The Hall–Kier alpha value is -3.22. The highest BCUT2D eigenvalue weighted by Crippen LogP contribution is 2.25. The first-order chi connectivity index (χ1) is 15.9. The van der Waals surface area contributed by atoms with E-state index in [1.807, 2.05) is 24.3 Å². The van der Waals surface area contributed by atoms with Crippen LogP contribution in [-0.4, -0.2) is 0 Å². The summed E-state index contributed by atoms with van der Waals surface area (Å²) in [6, 6.07) is 19.6. The van der Waals surface area contributed by atoms with Crippen LogP contribution in [0.1, 0.15) is 41.2 Å². The van der Waals surface area contributed by atoms with Crippen molar-refractivity contribution in [3.8, 4) is 11.8 Å². The van der Waals surface area contributed by atoms with Crippen molar-refractivity contribution in [3.63, 3.8) is 0 Å². The number of rotatable bonds is 5. The van der Waals surface area contributed by atoms with E-state index in [1.165, 1.54) is 17.7 Å². The summed E-state index contributed by atoms with van der Waals surface area (Å²) in [6.45, 7) is 2.15. The first kappa shape index (κ1) is 23.0. The van der Waals surface area contributed by atoms with E-state index < -0.39 is 16.7 Å². The van der Waals surface area contributed by atoms with E-state index in [1.54, 1.807) is 18.2 Å². The summed E-state index contributed by atoms with van der Waals surface area (Å²) in [7, 11) is 0. The van der Waals surface area contributed by atoms with Gasteiger partial charge >= 0.3 is 0 Å². The molecule has 0 heterocycles. The molecule has 0 saturated carbocycles. The molecule has 0 spiro atoms. The van der Waals surface area contributed by atoms with Gasteiger partial charge in [0.15, 0.2) is 0 Å². The third-order valence-electron chi connectivity index (χ3n) is 5.60. The van der Waals surface area contributed by atoms with E-state index in [4.69, 9.17) is 11.6 Å². The predicted octanol–water partition coefficient (Wildman–Crippen LogP) is 8.05. The Bertz CT molecular complexity index is 1340. The van der Waals surface area contributed by atoms with Gasteiger partial charge in [-0.05, 0) is 77.7 Å². The number of fused-ring (bicyclic) bond motifs is 1. The number of aryl methyl sites for hydroxylation is 3. The Morgan fingerprint density at radius 2 is 1.36 bits per heavy atom. The second-order valence-corrected chi connectivity index (χ2v) is 8.42. The average molecular weight is 463 g/mol. The molecule has 0 fully saturated rings. The lowest BCUT2D eigenvalue weighted by Gasteiger charge is -2.08. The molecule has 0 aromatic heterocycles. The first-order valence-electron chi connectivity index (χ1n) is 10.9. The van der Waals surface area contributed by atoms with Crippen LogP contribution in [0.2, 0.25) is 5.02 Å². The zero-order valence-corrected chi connectivity index (χ0v) is 18.9. The summed E-state index contributed by atoms with van der Waals surface area (Å²) in [5, 5.41) is 0.725. The summed E-state index contributed by atoms with van der Waals surface area (Å²) in [5.41, 5.74) is 3.96.